The molecule has 5 nitrogen and oxygen atoms in total. The van der Waals surface area contributed by atoms with E-state index in [4.69, 9.17) is 8.92 Å². The molecule has 0 aliphatic rings. The second-order valence-corrected chi connectivity index (χ2v) is 5.58. The molecule has 0 saturated heterocycles. The van der Waals surface area contributed by atoms with Gasteiger partial charge in [-0.15, -0.1) is 0 Å². The molecule has 21 heavy (non-hydrogen) atoms. The zero-order chi connectivity index (χ0) is 15.2. The first kappa shape index (κ1) is 20.1. The van der Waals surface area contributed by atoms with Crippen LogP contribution in [0.5, 0.6) is 0 Å². The van der Waals surface area contributed by atoms with Gasteiger partial charge < -0.3 is 4.74 Å². The van der Waals surface area contributed by atoms with Crippen LogP contribution in [0, 0.1) is 0 Å². The van der Waals surface area contributed by atoms with Crippen molar-refractivity contribution in [3.63, 3.8) is 0 Å². The predicted molar refractivity (Wildman–Crippen MR) is 82.6 cm³/mol. The number of ether oxygens (including phenoxy) is 1. The third-order valence-corrected chi connectivity index (χ3v) is 3.63. The molecule has 1 aromatic carbocycles. The molecule has 0 aliphatic heterocycles. The van der Waals surface area contributed by atoms with Crippen LogP contribution in [0.4, 0.5) is 0 Å². The van der Waals surface area contributed by atoms with Crippen molar-refractivity contribution in [2.75, 3.05) is 13.2 Å². The summed E-state index contributed by atoms with van der Waals surface area (Å²) in [5, 5.41) is 0. The molecule has 0 radical (unpaired) electrons. The van der Waals surface area contributed by atoms with E-state index in [1.165, 1.54) is 19.1 Å². The van der Waals surface area contributed by atoms with Crippen molar-refractivity contribution in [1.29, 1.82) is 0 Å². The first-order valence-electron chi connectivity index (χ1n) is 5.81. The van der Waals surface area contributed by atoms with Crippen molar-refractivity contribution in [2.24, 2.45) is 0 Å². The van der Waals surface area contributed by atoms with Crippen LogP contribution in [0.3, 0.4) is 0 Å². The third kappa shape index (κ3) is 6.58. The first-order valence-corrected chi connectivity index (χ1v) is 7.22. The van der Waals surface area contributed by atoms with Crippen molar-refractivity contribution in [2.45, 2.75) is 11.8 Å². The molecule has 7 heteroatoms. The molecule has 0 atom stereocenters. The summed E-state index contributed by atoms with van der Waals surface area (Å²) in [5.41, 5.74) is 1.05. The Hall–Kier alpha value is -0.920. The molecule has 0 N–H and O–H groups in total. The van der Waals surface area contributed by atoms with Crippen molar-refractivity contribution in [3.05, 3.63) is 48.6 Å². The molecule has 0 fully saturated rings. The summed E-state index contributed by atoms with van der Waals surface area (Å²) in [6, 6.07) is 6.08. The molecular formula is C14H17NaO5S. The molecule has 0 heterocycles. The van der Waals surface area contributed by atoms with Gasteiger partial charge in [0, 0.05) is 5.57 Å². The Morgan fingerprint density at radius 1 is 1.24 bits per heavy atom. The minimum absolute atomic E-state index is 0. The van der Waals surface area contributed by atoms with Crippen LogP contribution >= 0.6 is 0 Å². The van der Waals surface area contributed by atoms with Gasteiger partial charge in [-0.1, -0.05) is 31.4 Å². The number of rotatable bonds is 7. The van der Waals surface area contributed by atoms with E-state index in [2.05, 4.69) is 13.2 Å². The maximum atomic E-state index is 11.8. The summed E-state index contributed by atoms with van der Waals surface area (Å²) < 4.78 is 33.1. The van der Waals surface area contributed by atoms with E-state index >= 15 is 0 Å². The monoisotopic (exact) mass is 320 g/mol. The molecule has 0 amide bonds. The number of hydrogen-bond acceptors (Lipinski definition) is 5. The molecule has 110 valence electrons. The topological polar surface area (TPSA) is 69.7 Å². The van der Waals surface area contributed by atoms with Crippen molar-refractivity contribution in [3.8, 4) is 0 Å². The van der Waals surface area contributed by atoms with Crippen LogP contribution in [0.25, 0.3) is 6.08 Å². The van der Waals surface area contributed by atoms with E-state index < -0.39 is 16.1 Å². The summed E-state index contributed by atoms with van der Waals surface area (Å²) in [4.78, 5) is 11.1. The van der Waals surface area contributed by atoms with Crippen LogP contribution in [0.1, 0.15) is 12.5 Å². The van der Waals surface area contributed by atoms with Crippen LogP contribution < -0.4 is 0 Å². The van der Waals surface area contributed by atoms with Crippen molar-refractivity contribution >= 4 is 51.7 Å². The molecule has 0 bridgehead atoms. The van der Waals surface area contributed by atoms with Gasteiger partial charge in [-0.05, 0) is 24.6 Å². The average Bonchev–Trinajstić information content (AvgIpc) is 2.43. The Balaban J connectivity index is 0.00000400. The second-order valence-electron chi connectivity index (χ2n) is 3.97. The van der Waals surface area contributed by atoms with Gasteiger partial charge in [0.05, 0.1) is 4.90 Å². The van der Waals surface area contributed by atoms with E-state index in [1.807, 2.05) is 0 Å². The summed E-state index contributed by atoms with van der Waals surface area (Å²) >= 11 is 0. The quantitative estimate of drug-likeness (QED) is 0.250. The van der Waals surface area contributed by atoms with Crippen molar-refractivity contribution in [1.82, 2.24) is 0 Å². The van der Waals surface area contributed by atoms with E-state index in [0.717, 1.165) is 5.56 Å². The average molecular weight is 320 g/mol. The fourth-order valence-electron chi connectivity index (χ4n) is 1.24. The summed E-state index contributed by atoms with van der Waals surface area (Å²) in [5.74, 6) is -0.582. The Bertz CT molecular complexity index is 605. The molecule has 0 saturated carbocycles. The summed E-state index contributed by atoms with van der Waals surface area (Å²) in [6.07, 6.45) is 1.61. The Labute approximate surface area is 147 Å². The number of hydrogen-bond donors (Lipinski definition) is 0. The Kier molecular flexibility index (Phi) is 8.77. The molecule has 0 spiro atoms. The van der Waals surface area contributed by atoms with Gasteiger partial charge in [0.15, 0.2) is 0 Å². The number of carbonyl (C=O) groups excluding carboxylic acids is 1. The number of carbonyl (C=O) groups is 1. The standard InChI is InChI=1S/C14H16O5S.Na.H/c1-4-12-5-7-13(8-6-12)20(16,17)19-10-9-18-14(15)11(2)3;;/h4-8H,1-2,9-10H2,3H3;;. The number of esters is 1. The van der Waals surface area contributed by atoms with E-state index in [-0.39, 0.29) is 53.2 Å². The van der Waals surface area contributed by atoms with Gasteiger partial charge >= 0.3 is 35.5 Å². The van der Waals surface area contributed by atoms with Gasteiger partial charge in [0.2, 0.25) is 0 Å². The van der Waals surface area contributed by atoms with Gasteiger partial charge in [-0.2, -0.15) is 8.42 Å². The van der Waals surface area contributed by atoms with Crippen molar-refractivity contribution < 1.29 is 22.1 Å². The second kappa shape index (κ2) is 9.17. The molecule has 1 rings (SSSR count). The third-order valence-electron chi connectivity index (χ3n) is 2.31. The predicted octanol–water partition coefficient (Wildman–Crippen LogP) is 1.51. The molecule has 0 unspecified atom stereocenters. The normalized spacial score (nSPS) is 10.3. The molecule has 0 aromatic heterocycles. The molecule has 1 aromatic rings. The van der Waals surface area contributed by atoms with Gasteiger partial charge in [0.1, 0.15) is 13.2 Å². The summed E-state index contributed by atoms with van der Waals surface area (Å²) in [7, 11) is -3.85. The minimum atomic E-state index is -3.85. The van der Waals surface area contributed by atoms with E-state index in [9.17, 15) is 13.2 Å². The van der Waals surface area contributed by atoms with Gasteiger partial charge in [-0.3, -0.25) is 4.18 Å². The Morgan fingerprint density at radius 2 is 1.81 bits per heavy atom. The Morgan fingerprint density at radius 3 is 2.29 bits per heavy atom. The fraction of sp³-hybridized carbons (Fsp3) is 0.214. The summed E-state index contributed by atoms with van der Waals surface area (Å²) in [6.45, 7) is 8.08. The maximum absolute atomic E-state index is 11.8. The van der Waals surface area contributed by atoms with Gasteiger partial charge in [0.25, 0.3) is 10.1 Å². The van der Waals surface area contributed by atoms with Crippen LogP contribution in [-0.4, -0.2) is 57.2 Å². The number of benzene rings is 1. The van der Waals surface area contributed by atoms with Crippen LogP contribution in [0.2, 0.25) is 0 Å². The van der Waals surface area contributed by atoms with Gasteiger partial charge in [-0.25, -0.2) is 4.79 Å². The van der Waals surface area contributed by atoms with E-state index in [1.54, 1.807) is 18.2 Å². The first-order chi connectivity index (χ1) is 9.36. The SMILES string of the molecule is C=Cc1ccc(S(=O)(=O)OCCOC(=O)C(=C)C)cc1.[NaH]. The van der Waals surface area contributed by atoms with Crippen LogP contribution in [0.15, 0.2) is 47.9 Å². The zero-order valence-electron chi connectivity index (χ0n) is 11.2. The molecule has 0 aliphatic carbocycles. The fourth-order valence-corrected chi connectivity index (χ4v) is 2.13. The van der Waals surface area contributed by atoms with E-state index in [0.29, 0.717) is 0 Å². The molecular weight excluding hydrogens is 303 g/mol. The zero-order valence-corrected chi connectivity index (χ0v) is 12.0. The van der Waals surface area contributed by atoms with Crippen LogP contribution in [-0.2, 0) is 23.8 Å².